The number of benzene rings is 1. The Hall–Kier alpha value is -3.92. The molecule has 3 aromatic rings. The molecule has 1 aromatic carbocycles. The second-order valence-electron chi connectivity index (χ2n) is 8.77. The summed E-state index contributed by atoms with van der Waals surface area (Å²) in [6, 6.07) is 11.1. The molecule has 2 aromatic heterocycles. The summed E-state index contributed by atoms with van der Waals surface area (Å²) in [6.07, 6.45) is 2.99. The quantitative estimate of drug-likeness (QED) is 0.440. The minimum Gasteiger partial charge on any atom is -0.467 e. The van der Waals surface area contributed by atoms with Gasteiger partial charge in [-0.25, -0.2) is 0 Å². The number of aryl methyl sites for hydroxylation is 2. The third-order valence-corrected chi connectivity index (χ3v) is 5.89. The number of nitrogens with one attached hydrogen (secondary N) is 2. The van der Waals surface area contributed by atoms with Crippen molar-refractivity contribution in [2.45, 2.75) is 51.7 Å². The van der Waals surface area contributed by atoms with Crippen LogP contribution in [0.5, 0.6) is 0 Å². The average Bonchev–Trinajstić information content (AvgIpc) is 3.64. The number of amides is 3. The predicted octanol–water partition coefficient (Wildman–Crippen LogP) is 3.67. The normalized spacial score (nSPS) is 15.9. The highest BCUT2D eigenvalue weighted by molar-refractivity contribution is 6.02. The van der Waals surface area contributed by atoms with Crippen molar-refractivity contribution in [1.82, 2.24) is 10.5 Å². The Balaban J connectivity index is 1.54. The van der Waals surface area contributed by atoms with E-state index >= 15 is 0 Å². The van der Waals surface area contributed by atoms with Crippen LogP contribution in [-0.2, 0) is 19.1 Å². The number of hydrogen-bond acceptors (Lipinski definition) is 7. The number of hydrogen-bond donors (Lipinski definition) is 2. The highest BCUT2D eigenvalue weighted by atomic mass is 16.5. The van der Waals surface area contributed by atoms with E-state index in [0.29, 0.717) is 30.4 Å². The summed E-state index contributed by atoms with van der Waals surface area (Å²) in [5.74, 6) is -0.0328. The fourth-order valence-corrected chi connectivity index (χ4v) is 4.05. The topological polar surface area (TPSA) is 127 Å². The Morgan fingerprint density at radius 1 is 1.14 bits per heavy atom. The van der Waals surface area contributed by atoms with Crippen LogP contribution < -0.4 is 15.5 Å². The van der Waals surface area contributed by atoms with Crippen molar-refractivity contribution in [3.8, 4) is 0 Å². The molecule has 2 N–H and O–H groups in total. The number of rotatable bonds is 10. The molecule has 0 radical (unpaired) electrons. The fourth-order valence-electron chi connectivity index (χ4n) is 4.05. The number of furan rings is 1. The second kappa shape index (κ2) is 11.7. The lowest BCUT2D eigenvalue weighted by molar-refractivity contribution is -0.128. The summed E-state index contributed by atoms with van der Waals surface area (Å²) in [5.41, 5.74) is 1.53. The minimum absolute atomic E-state index is 0.0569. The summed E-state index contributed by atoms with van der Waals surface area (Å²) < 4.78 is 16.2. The lowest BCUT2D eigenvalue weighted by atomic mass is 10.1. The second-order valence-corrected chi connectivity index (χ2v) is 8.77. The van der Waals surface area contributed by atoms with E-state index in [1.807, 2.05) is 19.1 Å². The molecule has 0 unspecified atom stereocenters. The number of carbonyl (C=O) groups is 3. The van der Waals surface area contributed by atoms with Gasteiger partial charge in [-0.05, 0) is 51.0 Å². The van der Waals surface area contributed by atoms with E-state index in [1.165, 1.54) is 11.2 Å². The highest BCUT2D eigenvalue weighted by Crippen LogP contribution is 2.30. The predicted molar refractivity (Wildman–Crippen MR) is 131 cm³/mol. The molecule has 1 fully saturated rings. The molecule has 3 heterocycles. The third kappa shape index (κ3) is 6.39. The lowest BCUT2D eigenvalue weighted by Crippen LogP contribution is -2.45. The Bertz CT molecular complexity index is 1170. The number of ether oxygens (including phenoxy) is 1. The summed E-state index contributed by atoms with van der Waals surface area (Å²) >= 11 is 0. The Kier molecular flexibility index (Phi) is 8.17. The zero-order chi connectivity index (χ0) is 25.5. The van der Waals surface area contributed by atoms with Crippen LogP contribution in [0.3, 0.4) is 0 Å². The molecule has 10 heteroatoms. The van der Waals surface area contributed by atoms with E-state index in [4.69, 9.17) is 13.7 Å². The van der Waals surface area contributed by atoms with Crippen molar-refractivity contribution < 1.29 is 28.1 Å². The molecule has 1 saturated heterocycles. The fraction of sp³-hybridized carbons (Fsp3) is 0.385. The SMILES string of the molecule is Cc1ccc(N(C(=O)CCC(=O)Nc2cc(C)on2)[C@H](C(=O)NC[C@@H]2CCCO2)c2ccco2)cc1. The first-order valence-corrected chi connectivity index (χ1v) is 12.0. The van der Waals surface area contributed by atoms with E-state index in [9.17, 15) is 14.4 Å². The molecule has 0 spiro atoms. The van der Waals surface area contributed by atoms with Crippen LogP contribution in [0.25, 0.3) is 0 Å². The number of anilines is 2. The van der Waals surface area contributed by atoms with Gasteiger partial charge in [0.05, 0.1) is 12.4 Å². The van der Waals surface area contributed by atoms with Gasteiger partial charge in [0, 0.05) is 37.7 Å². The smallest absolute Gasteiger partial charge is 0.251 e. The summed E-state index contributed by atoms with van der Waals surface area (Å²) in [6.45, 7) is 4.66. The Labute approximate surface area is 209 Å². The maximum atomic E-state index is 13.6. The van der Waals surface area contributed by atoms with Crippen molar-refractivity contribution in [2.75, 3.05) is 23.4 Å². The Morgan fingerprint density at radius 2 is 1.94 bits per heavy atom. The molecule has 0 saturated carbocycles. The largest absolute Gasteiger partial charge is 0.467 e. The first-order valence-electron chi connectivity index (χ1n) is 12.0. The molecule has 4 rings (SSSR count). The van der Waals surface area contributed by atoms with Gasteiger partial charge in [-0.15, -0.1) is 0 Å². The van der Waals surface area contributed by atoms with Gasteiger partial charge < -0.3 is 24.3 Å². The standard InChI is InChI=1S/C26H30N4O6/c1-17-7-9-19(10-8-17)30(24(32)12-11-23(31)28-22-15-18(2)36-29-22)25(21-6-4-14-35-21)26(33)27-16-20-5-3-13-34-20/h4,6-10,14-15,20,25H,3,5,11-13,16H2,1-2H3,(H,27,33)(H,28,29,31)/t20-,25-/m0/s1. The summed E-state index contributed by atoms with van der Waals surface area (Å²) in [7, 11) is 0. The molecular weight excluding hydrogens is 464 g/mol. The molecule has 0 bridgehead atoms. The van der Waals surface area contributed by atoms with Crippen LogP contribution in [-0.4, -0.2) is 42.1 Å². The molecule has 1 aliphatic rings. The molecule has 190 valence electrons. The van der Waals surface area contributed by atoms with Gasteiger partial charge in [-0.2, -0.15) is 0 Å². The van der Waals surface area contributed by atoms with Gasteiger partial charge >= 0.3 is 0 Å². The van der Waals surface area contributed by atoms with E-state index < -0.39 is 23.8 Å². The van der Waals surface area contributed by atoms with Gasteiger partial charge in [0.15, 0.2) is 11.9 Å². The molecular formula is C26H30N4O6. The van der Waals surface area contributed by atoms with Crippen molar-refractivity contribution in [2.24, 2.45) is 0 Å². The lowest BCUT2D eigenvalue weighted by Gasteiger charge is -2.30. The Morgan fingerprint density at radius 3 is 2.58 bits per heavy atom. The summed E-state index contributed by atoms with van der Waals surface area (Å²) in [5, 5.41) is 9.26. The maximum absolute atomic E-state index is 13.6. The van der Waals surface area contributed by atoms with Crippen molar-refractivity contribution >= 4 is 29.2 Å². The highest BCUT2D eigenvalue weighted by Gasteiger charge is 2.35. The van der Waals surface area contributed by atoms with E-state index in [-0.39, 0.29) is 24.8 Å². The van der Waals surface area contributed by atoms with E-state index in [1.54, 1.807) is 37.3 Å². The first-order chi connectivity index (χ1) is 17.4. The van der Waals surface area contributed by atoms with Crippen LogP contribution in [0.2, 0.25) is 0 Å². The van der Waals surface area contributed by atoms with E-state index in [0.717, 1.165) is 18.4 Å². The van der Waals surface area contributed by atoms with Crippen molar-refractivity contribution in [3.63, 3.8) is 0 Å². The first kappa shape index (κ1) is 25.2. The van der Waals surface area contributed by atoms with Gasteiger partial charge in [-0.1, -0.05) is 22.9 Å². The van der Waals surface area contributed by atoms with Gasteiger partial charge in [0.25, 0.3) is 5.91 Å². The molecule has 3 amide bonds. The monoisotopic (exact) mass is 494 g/mol. The van der Waals surface area contributed by atoms with E-state index in [2.05, 4.69) is 15.8 Å². The van der Waals surface area contributed by atoms with Gasteiger partial charge in [0.2, 0.25) is 11.8 Å². The van der Waals surface area contributed by atoms with Crippen LogP contribution in [0.4, 0.5) is 11.5 Å². The van der Waals surface area contributed by atoms with Gasteiger partial charge in [0.1, 0.15) is 11.5 Å². The number of nitrogens with zero attached hydrogens (tertiary/aromatic N) is 2. The van der Waals surface area contributed by atoms with Crippen molar-refractivity contribution in [3.05, 3.63) is 65.8 Å². The zero-order valence-electron chi connectivity index (χ0n) is 20.4. The van der Waals surface area contributed by atoms with Gasteiger partial charge in [-0.3, -0.25) is 19.3 Å². The van der Waals surface area contributed by atoms with Crippen LogP contribution in [0, 0.1) is 13.8 Å². The number of aromatic nitrogens is 1. The zero-order valence-corrected chi connectivity index (χ0v) is 20.4. The molecule has 2 atom stereocenters. The third-order valence-electron chi connectivity index (χ3n) is 5.89. The van der Waals surface area contributed by atoms with Crippen molar-refractivity contribution in [1.29, 1.82) is 0 Å². The molecule has 10 nitrogen and oxygen atoms in total. The average molecular weight is 495 g/mol. The molecule has 0 aliphatic carbocycles. The molecule has 1 aliphatic heterocycles. The van der Waals surface area contributed by atoms with Crippen LogP contribution in [0.15, 0.2) is 57.7 Å². The molecule has 36 heavy (non-hydrogen) atoms. The minimum atomic E-state index is -1.06. The number of carbonyl (C=O) groups excluding carboxylic acids is 3. The maximum Gasteiger partial charge on any atom is 0.251 e. The summed E-state index contributed by atoms with van der Waals surface area (Å²) in [4.78, 5) is 40.8. The van der Waals surface area contributed by atoms with Crippen LogP contribution >= 0.6 is 0 Å². The van der Waals surface area contributed by atoms with Crippen LogP contribution in [0.1, 0.15) is 48.8 Å².